The van der Waals surface area contributed by atoms with Crippen molar-refractivity contribution in [3.05, 3.63) is 94.5 Å². The first-order valence-corrected chi connectivity index (χ1v) is 11.1. The molecule has 5 aromatic rings. The lowest BCUT2D eigenvalue weighted by molar-refractivity contribution is -0.137. The molecule has 3 heterocycles. The second-order valence-corrected chi connectivity index (χ2v) is 8.59. The second-order valence-electron chi connectivity index (χ2n) is 8.59. The highest BCUT2D eigenvalue weighted by atomic mass is 19.4. The van der Waals surface area contributed by atoms with Crippen molar-refractivity contribution in [2.45, 2.75) is 24.9 Å². The Morgan fingerprint density at radius 2 is 1.72 bits per heavy atom. The van der Waals surface area contributed by atoms with E-state index >= 15 is 0 Å². The van der Waals surface area contributed by atoms with E-state index in [1.165, 1.54) is 47.3 Å². The lowest BCUT2D eigenvalue weighted by atomic mass is 10.1. The Hall–Kier alpha value is -4.34. The molecule has 6 nitrogen and oxygen atoms in total. The molecule has 0 aliphatic heterocycles. The van der Waals surface area contributed by atoms with Gasteiger partial charge >= 0.3 is 11.9 Å². The van der Waals surface area contributed by atoms with Gasteiger partial charge in [-0.05, 0) is 55.3 Å². The maximum Gasteiger partial charge on any atom is 0.416 e. The van der Waals surface area contributed by atoms with E-state index in [2.05, 4.69) is 15.0 Å². The molecular formula is C26H16F4N4O2. The van der Waals surface area contributed by atoms with Gasteiger partial charge in [0.15, 0.2) is 11.6 Å². The molecule has 0 saturated heterocycles. The van der Waals surface area contributed by atoms with Crippen molar-refractivity contribution < 1.29 is 22.0 Å². The van der Waals surface area contributed by atoms with Gasteiger partial charge in [-0.15, -0.1) is 0 Å². The number of oxazole rings is 1. The summed E-state index contributed by atoms with van der Waals surface area (Å²) in [4.78, 5) is 25.8. The molecule has 0 atom stereocenters. The minimum Gasteiger partial charge on any atom is -0.434 e. The molecule has 3 aromatic heterocycles. The van der Waals surface area contributed by atoms with Crippen LogP contribution in [0.2, 0.25) is 0 Å². The summed E-state index contributed by atoms with van der Waals surface area (Å²) < 4.78 is 60.2. The summed E-state index contributed by atoms with van der Waals surface area (Å²) in [6.45, 7) is 0. The molecule has 10 heteroatoms. The maximum absolute atomic E-state index is 13.7. The van der Waals surface area contributed by atoms with E-state index in [-0.39, 0.29) is 29.0 Å². The average Bonchev–Trinajstić information content (AvgIpc) is 3.62. The fraction of sp³-hybridized carbons (Fsp3) is 0.154. The van der Waals surface area contributed by atoms with Crippen LogP contribution in [-0.4, -0.2) is 19.5 Å². The van der Waals surface area contributed by atoms with E-state index < -0.39 is 23.2 Å². The van der Waals surface area contributed by atoms with Gasteiger partial charge in [0.25, 0.3) is 0 Å². The first kappa shape index (κ1) is 22.1. The monoisotopic (exact) mass is 492 g/mol. The summed E-state index contributed by atoms with van der Waals surface area (Å²) in [6.07, 6.45) is 0.461. The van der Waals surface area contributed by atoms with Crippen LogP contribution in [0.25, 0.3) is 39.5 Å². The largest absolute Gasteiger partial charge is 0.434 e. The summed E-state index contributed by atoms with van der Waals surface area (Å²) >= 11 is 0. The Balaban J connectivity index is 1.51. The van der Waals surface area contributed by atoms with E-state index in [1.54, 1.807) is 12.1 Å². The average molecular weight is 492 g/mol. The van der Waals surface area contributed by atoms with Crippen LogP contribution in [0.3, 0.4) is 0 Å². The highest BCUT2D eigenvalue weighted by Crippen LogP contribution is 2.39. The molecule has 36 heavy (non-hydrogen) atoms. The van der Waals surface area contributed by atoms with E-state index in [4.69, 9.17) is 4.42 Å². The molecule has 0 bridgehead atoms. The minimum absolute atomic E-state index is 0.0664. The number of halogens is 4. The summed E-state index contributed by atoms with van der Waals surface area (Å²) in [7, 11) is 0. The van der Waals surface area contributed by atoms with E-state index in [9.17, 15) is 22.4 Å². The van der Waals surface area contributed by atoms with Crippen molar-refractivity contribution >= 4 is 10.9 Å². The zero-order chi connectivity index (χ0) is 25.0. The van der Waals surface area contributed by atoms with Crippen LogP contribution < -0.4 is 5.69 Å². The molecule has 0 radical (unpaired) electrons. The van der Waals surface area contributed by atoms with E-state index in [0.717, 1.165) is 25.0 Å². The predicted octanol–water partition coefficient (Wildman–Crippen LogP) is 6.14. The lowest BCUT2D eigenvalue weighted by Gasteiger charge is -2.08. The van der Waals surface area contributed by atoms with Crippen molar-refractivity contribution in [2.24, 2.45) is 0 Å². The minimum atomic E-state index is -4.50. The van der Waals surface area contributed by atoms with Crippen LogP contribution in [0.15, 0.2) is 76.2 Å². The number of aromatic nitrogens is 4. The molecule has 2 aromatic carbocycles. The topological polar surface area (TPSA) is 73.8 Å². The Labute approximate surface area is 200 Å². The molecule has 1 aliphatic carbocycles. The Morgan fingerprint density at radius 1 is 0.944 bits per heavy atom. The third-order valence-corrected chi connectivity index (χ3v) is 6.02. The number of benzene rings is 2. The molecule has 0 unspecified atom stereocenters. The number of rotatable bonds is 4. The van der Waals surface area contributed by atoms with Gasteiger partial charge in [-0.2, -0.15) is 23.1 Å². The number of nitrogens with zero attached hydrogens (tertiary/aromatic N) is 4. The molecule has 0 amide bonds. The van der Waals surface area contributed by atoms with Gasteiger partial charge in [-0.25, -0.2) is 13.8 Å². The van der Waals surface area contributed by atoms with Crippen LogP contribution >= 0.6 is 0 Å². The van der Waals surface area contributed by atoms with E-state index in [1.807, 2.05) is 0 Å². The van der Waals surface area contributed by atoms with Gasteiger partial charge in [-0.1, -0.05) is 12.1 Å². The van der Waals surface area contributed by atoms with Gasteiger partial charge in [0.1, 0.15) is 5.82 Å². The second kappa shape index (κ2) is 8.11. The standard InChI is InChI=1S/C26H16F4N4O2/c27-19-7-8-20-16(12-19)11-17(13-31-20)24-33-23(34-10-9-21(14-1-2-14)32-25(34)35)22(36-24)15-3-5-18(6-4-15)26(28,29)30/h3-14H,1-2H2. The quantitative estimate of drug-likeness (QED) is 0.282. The third kappa shape index (κ3) is 4.04. The summed E-state index contributed by atoms with van der Waals surface area (Å²) in [6, 6.07) is 11.9. The first-order valence-electron chi connectivity index (χ1n) is 11.1. The van der Waals surface area contributed by atoms with Gasteiger partial charge in [0.05, 0.1) is 22.3 Å². The maximum atomic E-state index is 13.7. The van der Waals surface area contributed by atoms with Crippen molar-refractivity contribution in [1.82, 2.24) is 19.5 Å². The highest BCUT2D eigenvalue weighted by Gasteiger charge is 2.31. The van der Waals surface area contributed by atoms with Crippen LogP contribution in [0.5, 0.6) is 0 Å². The molecule has 0 N–H and O–H groups in total. The van der Waals surface area contributed by atoms with Gasteiger partial charge in [0, 0.05) is 29.3 Å². The third-order valence-electron chi connectivity index (χ3n) is 6.02. The number of pyridine rings is 1. The number of alkyl halides is 3. The molecule has 6 rings (SSSR count). The fourth-order valence-electron chi connectivity index (χ4n) is 4.00. The Bertz CT molecular complexity index is 1670. The molecule has 1 saturated carbocycles. The number of hydrogen-bond donors (Lipinski definition) is 0. The molecule has 1 aliphatic rings. The van der Waals surface area contributed by atoms with Crippen LogP contribution in [0.4, 0.5) is 17.6 Å². The van der Waals surface area contributed by atoms with Crippen LogP contribution in [0.1, 0.15) is 30.0 Å². The van der Waals surface area contributed by atoms with Crippen molar-refractivity contribution in [3.63, 3.8) is 0 Å². The zero-order valence-corrected chi connectivity index (χ0v) is 18.5. The highest BCUT2D eigenvalue weighted by molar-refractivity contribution is 5.82. The summed E-state index contributed by atoms with van der Waals surface area (Å²) in [5.41, 5.74) is 0.549. The summed E-state index contributed by atoms with van der Waals surface area (Å²) in [5, 5.41) is 0.510. The number of hydrogen-bond acceptors (Lipinski definition) is 5. The van der Waals surface area contributed by atoms with Gasteiger partial charge < -0.3 is 4.42 Å². The Morgan fingerprint density at radius 3 is 2.42 bits per heavy atom. The van der Waals surface area contributed by atoms with Crippen molar-refractivity contribution in [3.8, 4) is 28.6 Å². The Kier molecular flexibility index (Phi) is 4.99. The van der Waals surface area contributed by atoms with Crippen molar-refractivity contribution in [1.29, 1.82) is 0 Å². The molecular weight excluding hydrogens is 476 g/mol. The lowest BCUT2D eigenvalue weighted by Crippen LogP contribution is -2.22. The van der Waals surface area contributed by atoms with E-state index in [0.29, 0.717) is 22.2 Å². The fourth-order valence-corrected chi connectivity index (χ4v) is 4.00. The molecule has 1 fully saturated rings. The summed E-state index contributed by atoms with van der Waals surface area (Å²) in [5.74, 6) is 0.0499. The first-order chi connectivity index (χ1) is 17.3. The zero-order valence-electron chi connectivity index (χ0n) is 18.5. The normalized spacial score (nSPS) is 13.9. The SMILES string of the molecule is O=c1nc(C2CC2)ccn1-c1nc(-c2cnc3ccc(F)cc3c2)oc1-c1ccc(C(F)(F)F)cc1. The molecule has 180 valence electrons. The van der Waals surface area contributed by atoms with Gasteiger partial charge in [0.2, 0.25) is 5.89 Å². The number of fused-ring (bicyclic) bond motifs is 1. The smallest absolute Gasteiger partial charge is 0.416 e. The van der Waals surface area contributed by atoms with Gasteiger partial charge in [-0.3, -0.25) is 4.98 Å². The predicted molar refractivity (Wildman–Crippen MR) is 123 cm³/mol. The van der Waals surface area contributed by atoms with Crippen LogP contribution in [-0.2, 0) is 6.18 Å². The van der Waals surface area contributed by atoms with Crippen LogP contribution in [0, 0.1) is 5.82 Å². The molecule has 0 spiro atoms. The van der Waals surface area contributed by atoms with Crippen molar-refractivity contribution in [2.75, 3.05) is 0 Å².